The number of ether oxygens (including phenoxy) is 1. The first kappa shape index (κ1) is 19.2. The first-order valence-corrected chi connectivity index (χ1v) is 9.61. The van der Waals surface area contributed by atoms with Gasteiger partial charge in [0.05, 0.1) is 23.4 Å². The van der Waals surface area contributed by atoms with Crippen molar-refractivity contribution >= 4 is 16.7 Å². The van der Waals surface area contributed by atoms with E-state index in [0.29, 0.717) is 27.8 Å². The molecule has 0 atom stereocenters. The maximum absolute atomic E-state index is 13.5. The lowest BCUT2D eigenvalue weighted by Gasteiger charge is -2.32. The van der Waals surface area contributed by atoms with E-state index in [4.69, 9.17) is 9.15 Å². The van der Waals surface area contributed by atoms with Gasteiger partial charge in [-0.05, 0) is 35.4 Å². The molecule has 0 bridgehead atoms. The summed E-state index contributed by atoms with van der Waals surface area (Å²) in [6.07, 6.45) is -4.50. The van der Waals surface area contributed by atoms with Crippen LogP contribution in [0.2, 0.25) is 0 Å². The normalized spacial score (nSPS) is 13.7. The molecule has 5 rings (SSSR count). The topological polar surface area (TPSA) is 42.7 Å². The molecule has 156 valence electrons. The number of halogens is 3. The summed E-state index contributed by atoms with van der Waals surface area (Å²) in [6.45, 7) is 0.0646. The highest BCUT2D eigenvalue weighted by Gasteiger charge is 2.35. The standard InChI is InChI=1S/C24H16F3NO3/c25-24(26,27)19-8-4-5-9-20(19)28-13-18-21(30-14-28)11-10-16-17(12-22(29)31-23(16)18)15-6-2-1-3-7-15/h1-12H,13-14H2. The molecule has 0 amide bonds. The van der Waals surface area contributed by atoms with Crippen LogP contribution in [0.25, 0.3) is 22.1 Å². The Labute approximate surface area is 175 Å². The monoisotopic (exact) mass is 423 g/mol. The van der Waals surface area contributed by atoms with Gasteiger partial charge in [0.15, 0.2) is 6.73 Å². The summed E-state index contributed by atoms with van der Waals surface area (Å²) >= 11 is 0. The van der Waals surface area contributed by atoms with E-state index >= 15 is 0 Å². The number of alkyl halides is 3. The smallest absolute Gasteiger partial charge is 0.418 e. The van der Waals surface area contributed by atoms with Crippen molar-refractivity contribution in [3.05, 3.63) is 94.3 Å². The first-order valence-electron chi connectivity index (χ1n) is 9.61. The number of nitrogens with zero attached hydrogens (tertiary/aromatic N) is 1. The Hall–Kier alpha value is -3.74. The van der Waals surface area contributed by atoms with Crippen LogP contribution in [-0.2, 0) is 12.7 Å². The van der Waals surface area contributed by atoms with Crippen LogP contribution < -0.4 is 15.3 Å². The molecule has 7 heteroatoms. The lowest BCUT2D eigenvalue weighted by atomic mass is 9.99. The largest absolute Gasteiger partial charge is 0.473 e. The summed E-state index contributed by atoms with van der Waals surface area (Å²) in [5, 5.41) is 0.694. The van der Waals surface area contributed by atoms with Crippen molar-refractivity contribution in [3.63, 3.8) is 0 Å². The number of hydrogen-bond donors (Lipinski definition) is 0. The Morgan fingerprint density at radius 1 is 0.903 bits per heavy atom. The molecule has 0 unspecified atom stereocenters. The molecular formula is C24H16F3NO3. The van der Waals surface area contributed by atoms with Crippen molar-refractivity contribution in [2.45, 2.75) is 12.7 Å². The molecule has 0 fully saturated rings. The van der Waals surface area contributed by atoms with Crippen molar-refractivity contribution in [2.24, 2.45) is 0 Å². The minimum absolute atomic E-state index is 0.0132. The molecular weight excluding hydrogens is 407 g/mol. The molecule has 0 radical (unpaired) electrons. The number of anilines is 1. The highest BCUT2D eigenvalue weighted by atomic mass is 19.4. The van der Waals surface area contributed by atoms with Crippen molar-refractivity contribution in [2.75, 3.05) is 11.6 Å². The van der Waals surface area contributed by atoms with E-state index in [1.165, 1.54) is 23.1 Å². The highest BCUT2D eigenvalue weighted by molar-refractivity contribution is 5.96. The average molecular weight is 423 g/mol. The van der Waals surface area contributed by atoms with Gasteiger partial charge in [-0.1, -0.05) is 42.5 Å². The number of hydrogen-bond acceptors (Lipinski definition) is 4. The highest BCUT2D eigenvalue weighted by Crippen LogP contribution is 2.41. The van der Waals surface area contributed by atoms with E-state index in [9.17, 15) is 18.0 Å². The maximum Gasteiger partial charge on any atom is 0.418 e. The third-order valence-electron chi connectivity index (χ3n) is 5.33. The number of benzene rings is 3. The van der Waals surface area contributed by atoms with E-state index in [-0.39, 0.29) is 19.0 Å². The number of rotatable bonds is 2. The van der Waals surface area contributed by atoms with Crippen LogP contribution in [-0.4, -0.2) is 6.73 Å². The van der Waals surface area contributed by atoms with E-state index in [0.717, 1.165) is 11.6 Å². The number of fused-ring (bicyclic) bond motifs is 3. The van der Waals surface area contributed by atoms with Gasteiger partial charge in [-0.15, -0.1) is 0 Å². The maximum atomic E-state index is 13.5. The third kappa shape index (κ3) is 3.42. The lowest BCUT2D eigenvalue weighted by molar-refractivity contribution is -0.137. The fraction of sp³-hybridized carbons (Fsp3) is 0.125. The molecule has 4 aromatic rings. The summed E-state index contributed by atoms with van der Waals surface area (Å²) in [7, 11) is 0. The van der Waals surface area contributed by atoms with Crippen molar-refractivity contribution in [1.29, 1.82) is 0 Å². The minimum Gasteiger partial charge on any atom is -0.473 e. The molecule has 1 aliphatic rings. The predicted octanol–water partition coefficient (Wildman–Crippen LogP) is 5.84. The number of para-hydroxylation sites is 1. The molecule has 0 aliphatic carbocycles. The molecule has 1 aromatic heterocycles. The van der Waals surface area contributed by atoms with Crippen molar-refractivity contribution in [1.82, 2.24) is 0 Å². The van der Waals surface area contributed by atoms with Crippen LogP contribution in [0, 0.1) is 0 Å². The zero-order chi connectivity index (χ0) is 21.6. The van der Waals surface area contributed by atoms with E-state index in [1.54, 1.807) is 18.2 Å². The van der Waals surface area contributed by atoms with Crippen LogP contribution >= 0.6 is 0 Å². The zero-order valence-corrected chi connectivity index (χ0v) is 16.1. The molecule has 0 spiro atoms. The molecule has 0 saturated carbocycles. The second-order valence-electron chi connectivity index (χ2n) is 7.25. The molecule has 1 aliphatic heterocycles. The lowest BCUT2D eigenvalue weighted by Crippen LogP contribution is -2.33. The molecule has 0 saturated heterocycles. The van der Waals surface area contributed by atoms with Crippen LogP contribution in [0.15, 0.2) is 82.0 Å². The predicted molar refractivity (Wildman–Crippen MR) is 111 cm³/mol. The second kappa shape index (κ2) is 7.19. The van der Waals surface area contributed by atoms with E-state index in [1.807, 2.05) is 30.3 Å². The summed E-state index contributed by atoms with van der Waals surface area (Å²) < 4.78 is 51.8. The van der Waals surface area contributed by atoms with Gasteiger partial charge in [-0.3, -0.25) is 0 Å². The molecule has 31 heavy (non-hydrogen) atoms. The van der Waals surface area contributed by atoms with E-state index < -0.39 is 17.4 Å². The summed E-state index contributed by atoms with van der Waals surface area (Å²) in [5.41, 5.74) is 1.13. The quantitative estimate of drug-likeness (QED) is 0.380. The zero-order valence-electron chi connectivity index (χ0n) is 16.1. The SMILES string of the molecule is O=c1cc(-c2ccccc2)c2ccc3c(c2o1)CN(c1ccccc1C(F)(F)F)CO3. The van der Waals surface area contributed by atoms with Crippen LogP contribution in [0.4, 0.5) is 18.9 Å². The molecule has 2 heterocycles. The Balaban J connectivity index is 1.66. The Bertz CT molecular complexity index is 1330. The van der Waals surface area contributed by atoms with Gasteiger partial charge in [-0.25, -0.2) is 4.79 Å². The van der Waals surface area contributed by atoms with Gasteiger partial charge in [0.2, 0.25) is 0 Å². The van der Waals surface area contributed by atoms with Gasteiger partial charge < -0.3 is 14.1 Å². The van der Waals surface area contributed by atoms with Gasteiger partial charge >= 0.3 is 11.8 Å². The van der Waals surface area contributed by atoms with Gasteiger partial charge in [0, 0.05) is 11.5 Å². The van der Waals surface area contributed by atoms with Crippen LogP contribution in [0.5, 0.6) is 5.75 Å². The third-order valence-corrected chi connectivity index (χ3v) is 5.33. The minimum atomic E-state index is -4.50. The van der Waals surface area contributed by atoms with Crippen LogP contribution in [0.1, 0.15) is 11.1 Å². The summed E-state index contributed by atoms with van der Waals surface area (Å²) in [4.78, 5) is 13.8. The Morgan fingerprint density at radius 3 is 2.42 bits per heavy atom. The molecule has 3 aromatic carbocycles. The second-order valence-corrected chi connectivity index (χ2v) is 7.25. The van der Waals surface area contributed by atoms with Crippen molar-refractivity contribution in [3.8, 4) is 16.9 Å². The Morgan fingerprint density at radius 2 is 1.65 bits per heavy atom. The molecule has 4 nitrogen and oxygen atoms in total. The molecule has 0 N–H and O–H groups in total. The average Bonchev–Trinajstić information content (AvgIpc) is 2.78. The fourth-order valence-electron chi connectivity index (χ4n) is 3.93. The summed E-state index contributed by atoms with van der Waals surface area (Å²) in [5.74, 6) is 0.488. The first-order chi connectivity index (χ1) is 14.9. The van der Waals surface area contributed by atoms with Crippen molar-refractivity contribution < 1.29 is 22.3 Å². The van der Waals surface area contributed by atoms with E-state index in [2.05, 4.69) is 0 Å². The summed E-state index contributed by atoms with van der Waals surface area (Å²) in [6, 6.07) is 19.7. The van der Waals surface area contributed by atoms with Gasteiger partial charge in [0.25, 0.3) is 0 Å². The van der Waals surface area contributed by atoms with Gasteiger partial charge in [0.1, 0.15) is 11.3 Å². The Kier molecular flexibility index (Phi) is 4.46. The fourth-order valence-corrected chi connectivity index (χ4v) is 3.93. The van der Waals surface area contributed by atoms with Crippen LogP contribution in [0.3, 0.4) is 0 Å². The van der Waals surface area contributed by atoms with Gasteiger partial charge in [-0.2, -0.15) is 13.2 Å².